The number of nitrogens with one attached hydrogen (secondary N) is 2. The maximum atomic E-state index is 12.8. The van der Waals surface area contributed by atoms with Crippen molar-refractivity contribution in [2.45, 2.75) is 37.5 Å². The third-order valence-corrected chi connectivity index (χ3v) is 6.99. The minimum absolute atomic E-state index is 0.00253. The van der Waals surface area contributed by atoms with Crippen LogP contribution in [0.3, 0.4) is 0 Å². The molecule has 0 radical (unpaired) electrons. The Morgan fingerprint density at radius 1 is 1.20 bits per heavy atom. The lowest BCUT2D eigenvalue weighted by Crippen LogP contribution is -2.32. The van der Waals surface area contributed by atoms with Gasteiger partial charge < -0.3 is 10.1 Å². The molecule has 0 unspecified atom stereocenters. The van der Waals surface area contributed by atoms with Crippen molar-refractivity contribution in [3.8, 4) is 11.8 Å². The third kappa shape index (κ3) is 4.77. The van der Waals surface area contributed by atoms with Gasteiger partial charge in [-0.05, 0) is 72.1 Å². The Morgan fingerprint density at radius 3 is 2.57 bits per heavy atom. The smallest absolute Gasteiger partial charge is 0.261 e. The van der Waals surface area contributed by atoms with Gasteiger partial charge in [-0.1, -0.05) is 18.9 Å². The van der Waals surface area contributed by atoms with Crippen LogP contribution < -0.4 is 14.8 Å². The molecule has 3 rings (SSSR count). The van der Waals surface area contributed by atoms with Gasteiger partial charge in [-0.2, -0.15) is 5.26 Å². The summed E-state index contributed by atoms with van der Waals surface area (Å²) in [5.74, 6) is 0.226. The largest absolute Gasteiger partial charge is 0.493 e. The van der Waals surface area contributed by atoms with Crippen molar-refractivity contribution < 1.29 is 17.9 Å². The van der Waals surface area contributed by atoms with Gasteiger partial charge in [0.2, 0.25) is 5.91 Å². The number of sulfonamides is 1. The first kappa shape index (κ1) is 22.1. The molecular weight excluding hydrogens is 470 g/mol. The first-order chi connectivity index (χ1) is 14.3. The summed E-state index contributed by atoms with van der Waals surface area (Å²) < 4.78 is 34.2. The van der Waals surface area contributed by atoms with Gasteiger partial charge >= 0.3 is 0 Å². The zero-order valence-corrected chi connectivity index (χ0v) is 18.8. The highest BCUT2D eigenvalue weighted by Crippen LogP contribution is 2.38. The summed E-state index contributed by atoms with van der Waals surface area (Å²) in [6.45, 7) is 2.36. The SMILES string of the molecule is CCOc1ccc(NS(=O)(=O)c2cccc(NC(=O)C3(C#N)CCCC3)c2)cc1Br. The molecule has 0 aromatic heterocycles. The Morgan fingerprint density at radius 2 is 1.93 bits per heavy atom. The van der Waals surface area contributed by atoms with Crippen molar-refractivity contribution >= 4 is 43.2 Å². The number of benzene rings is 2. The van der Waals surface area contributed by atoms with Crippen LogP contribution in [0.5, 0.6) is 5.75 Å². The minimum Gasteiger partial charge on any atom is -0.493 e. The second-order valence-electron chi connectivity index (χ2n) is 7.07. The van der Waals surface area contributed by atoms with Crippen molar-refractivity contribution in [1.82, 2.24) is 0 Å². The van der Waals surface area contributed by atoms with E-state index >= 15 is 0 Å². The summed E-state index contributed by atoms with van der Waals surface area (Å²) in [5, 5.41) is 12.2. The number of amides is 1. The van der Waals surface area contributed by atoms with E-state index in [0.29, 0.717) is 41.0 Å². The molecule has 7 nitrogen and oxygen atoms in total. The number of anilines is 2. The summed E-state index contributed by atoms with van der Waals surface area (Å²) in [6.07, 6.45) is 2.69. The molecule has 1 aliphatic rings. The second kappa shape index (κ2) is 9.06. The number of carbonyl (C=O) groups is 1. The molecule has 158 valence electrons. The van der Waals surface area contributed by atoms with E-state index in [9.17, 15) is 18.5 Å². The van der Waals surface area contributed by atoms with E-state index in [1.54, 1.807) is 30.3 Å². The average Bonchev–Trinajstić information content (AvgIpc) is 3.21. The van der Waals surface area contributed by atoms with Crippen LogP contribution in [-0.4, -0.2) is 20.9 Å². The van der Waals surface area contributed by atoms with Crippen LogP contribution in [0.15, 0.2) is 51.8 Å². The number of carbonyl (C=O) groups excluding carboxylic acids is 1. The maximum Gasteiger partial charge on any atom is 0.261 e. The minimum atomic E-state index is -3.88. The van der Waals surface area contributed by atoms with Crippen LogP contribution in [0.2, 0.25) is 0 Å². The van der Waals surface area contributed by atoms with E-state index in [-0.39, 0.29) is 10.8 Å². The molecule has 0 spiro atoms. The van der Waals surface area contributed by atoms with E-state index in [2.05, 4.69) is 32.0 Å². The van der Waals surface area contributed by atoms with Gasteiger partial charge in [0.1, 0.15) is 11.2 Å². The number of rotatable bonds is 7. The number of hydrogen-bond donors (Lipinski definition) is 2. The molecule has 9 heteroatoms. The average molecular weight is 492 g/mol. The first-order valence-electron chi connectivity index (χ1n) is 9.57. The van der Waals surface area contributed by atoms with Crippen molar-refractivity contribution in [3.63, 3.8) is 0 Å². The number of nitriles is 1. The highest BCUT2D eigenvalue weighted by Gasteiger charge is 2.41. The van der Waals surface area contributed by atoms with Gasteiger partial charge in [-0.25, -0.2) is 8.42 Å². The molecule has 0 bridgehead atoms. The number of nitrogens with zero attached hydrogens (tertiary/aromatic N) is 1. The van der Waals surface area contributed by atoms with E-state index < -0.39 is 15.4 Å². The molecule has 1 aliphatic carbocycles. The van der Waals surface area contributed by atoms with Gasteiger partial charge in [0.25, 0.3) is 10.0 Å². The van der Waals surface area contributed by atoms with Crippen LogP contribution in [0, 0.1) is 16.7 Å². The second-order valence-corrected chi connectivity index (χ2v) is 9.60. The van der Waals surface area contributed by atoms with Crippen molar-refractivity contribution in [1.29, 1.82) is 5.26 Å². The van der Waals surface area contributed by atoms with Gasteiger partial charge in [-0.15, -0.1) is 0 Å². The van der Waals surface area contributed by atoms with Gasteiger partial charge in [-0.3, -0.25) is 9.52 Å². The lowest BCUT2D eigenvalue weighted by atomic mass is 9.87. The van der Waals surface area contributed by atoms with Crippen LogP contribution in [0.1, 0.15) is 32.6 Å². The topological polar surface area (TPSA) is 108 Å². The standard InChI is InChI=1S/C21H22BrN3O4S/c1-2-29-19-9-8-16(13-18(19)22)25-30(27,28)17-7-5-6-15(12-17)24-20(26)21(14-23)10-3-4-11-21/h5-9,12-13,25H,2-4,10-11H2,1H3,(H,24,26). The molecule has 30 heavy (non-hydrogen) atoms. The summed E-state index contributed by atoms with van der Waals surface area (Å²) >= 11 is 3.36. The summed E-state index contributed by atoms with van der Waals surface area (Å²) in [7, 11) is -3.88. The first-order valence-corrected chi connectivity index (χ1v) is 11.9. The monoisotopic (exact) mass is 491 g/mol. The van der Waals surface area contributed by atoms with E-state index in [4.69, 9.17) is 4.74 Å². The highest BCUT2D eigenvalue weighted by molar-refractivity contribution is 9.10. The summed E-state index contributed by atoms with van der Waals surface area (Å²) in [4.78, 5) is 12.6. The summed E-state index contributed by atoms with van der Waals surface area (Å²) in [6, 6.07) is 13.0. The highest BCUT2D eigenvalue weighted by atomic mass is 79.9. The Balaban J connectivity index is 1.78. The molecule has 0 heterocycles. The fourth-order valence-electron chi connectivity index (χ4n) is 3.41. The van der Waals surface area contributed by atoms with Gasteiger partial charge in [0.05, 0.1) is 27.7 Å². The molecular formula is C21H22BrN3O4S. The maximum absolute atomic E-state index is 12.8. The molecule has 1 saturated carbocycles. The Kier molecular flexibility index (Phi) is 6.68. The van der Waals surface area contributed by atoms with Crippen LogP contribution >= 0.6 is 15.9 Å². The number of hydrogen-bond acceptors (Lipinski definition) is 5. The zero-order chi connectivity index (χ0) is 21.8. The molecule has 2 aromatic rings. The lowest BCUT2D eigenvalue weighted by molar-refractivity contribution is -0.122. The Labute approximate surface area is 184 Å². The molecule has 2 aromatic carbocycles. The Hall–Kier alpha value is -2.57. The Bertz CT molecular complexity index is 1090. The molecule has 2 N–H and O–H groups in total. The van der Waals surface area contributed by atoms with Crippen molar-refractivity contribution in [3.05, 3.63) is 46.9 Å². The molecule has 0 saturated heterocycles. The zero-order valence-electron chi connectivity index (χ0n) is 16.4. The molecule has 0 aliphatic heterocycles. The van der Waals surface area contributed by atoms with Gasteiger partial charge in [0, 0.05) is 5.69 Å². The fourth-order valence-corrected chi connectivity index (χ4v) is 5.00. The van der Waals surface area contributed by atoms with Crippen molar-refractivity contribution in [2.24, 2.45) is 5.41 Å². The normalized spacial score (nSPS) is 15.2. The predicted molar refractivity (Wildman–Crippen MR) is 118 cm³/mol. The third-order valence-electron chi connectivity index (χ3n) is 4.99. The summed E-state index contributed by atoms with van der Waals surface area (Å²) in [5.41, 5.74) is -0.340. The van der Waals surface area contributed by atoms with E-state index in [0.717, 1.165) is 12.8 Å². The van der Waals surface area contributed by atoms with Gasteiger partial charge in [0.15, 0.2) is 0 Å². The van der Waals surface area contributed by atoms with E-state index in [1.807, 2.05) is 6.92 Å². The van der Waals surface area contributed by atoms with Crippen LogP contribution in [0.25, 0.3) is 0 Å². The lowest BCUT2D eigenvalue weighted by Gasteiger charge is -2.19. The van der Waals surface area contributed by atoms with Crippen LogP contribution in [0.4, 0.5) is 11.4 Å². The van der Waals surface area contributed by atoms with E-state index in [1.165, 1.54) is 12.1 Å². The number of halogens is 1. The van der Waals surface area contributed by atoms with Crippen LogP contribution in [-0.2, 0) is 14.8 Å². The number of ether oxygens (including phenoxy) is 1. The predicted octanol–water partition coefficient (Wildman–Crippen LogP) is 4.67. The quantitative estimate of drug-likeness (QED) is 0.584. The fraction of sp³-hybridized carbons (Fsp3) is 0.333. The molecule has 0 atom stereocenters. The molecule has 1 fully saturated rings. The molecule has 1 amide bonds. The van der Waals surface area contributed by atoms with Crippen molar-refractivity contribution in [2.75, 3.05) is 16.6 Å².